The van der Waals surface area contributed by atoms with Crippen molar-refractivity contribution in [3.63, 3.8) is 0 Å². The average Bonchev–Trinajstić information content (AvgIpc) is 2.35. The molecule has 18 heavy (non-hydrogen) atoms. The summed E-state index contributed by atoms with van der Waals surface area (Å²) in [6.45, 7) is 2.75. The SMILES string of the molecule is COCCC1(C)C[C@H](N)c2ccc(OC)cc2O1. The summed E-state index contributed by atoms with van der Waals surface area (Å²) in [4.78, 5) is 0. The maximum atomic E-state index is 6.22. The zero-order valence-electron chi connectivity index (χ0n) is 11.2. The van der Waals surface area contributed by atoms with Gasteiger partial charge in [0, 0.05) is 44.2 Å². The second-order valence-corrected chi connectivity index (χ2v) is 5.01. The highest BCUT2D eigenvalue weighted by molar-refractivity contribution is 5.44. The number of hydrogen-bond acceptors (Lipinski definition) is 4. The molecule has 100 valence electrons. The second-order valence-electron chi connectivity index (χ2n) is 5.01. The number of ether oxygens (including phenoxy) is 3. The molecule has 2 atom stereocenters. The van der Waals surface area contributed by atoms with Gasteiger partial charge < -0.3 is 19.9 Å². The minimum atomic E-state index is -0.269. The van der Waals surface area contributed by atoms with Gasteiger partial charge in [0.05, 0.1) is 7.11 Å². The fourth-order valence-corrected chi connectivity index (χ4v) is 2.39. The molecule has 4 nitrogen and oxygen atoms in total. The molecule has 4 heteroatoms. The van der Waals surface area contributed by atoms with Crippen LogP contribution in [0.1, 0.15) is 31.4 Å². The van der Waals surface area contributed by atoms with E-state index in [9.17, 15) is 0 Å². The maximum absolute atomic E-state index is 6.22. The van der Waals surface area contributed by atoms with Crippen LogP contribution in [0.5, 0.6) is 11.5 Å². The number of nitrogens with two attached hydrogens (primary N) is 1. The Labute approximate surface area is 108 Å². The Balaban J connectivity index is 2.25. The Morgan fingerprint density at radius 1 is 1.44 bits per heavy atom. The molecule has 1 aliphatic heterocycles. The molecule has 0 spiro atoms. The van der Waals surface area contributed by atoms with E-state index in [-0.39, 0.29) is 11.6 Å². The first-order valence-electron chi connectivity index (χ1n) is 6.19. The van der Waals surface area contributed by atoms with Gasteiger partial charge >= 0.3 is 0 Å². The summed E-state index contributed by atoms with van der Waals surface area (Å²) in [5.74, 6) is 1.61. The highest BCUT2D eigenvalue weighted by Crippen LogP contribution is 2.41. The highest BCUT2D eigenvalue weighted by atomic mass is 16.5. The van der Waals surface area contributed by atoms with Crippen molar-refractivity contribution >= 4 is 0 Å². The Morgan fingerprint density at radius 2 is 2.22 bits per heavy atom. The number of hydrogen-bond donors (Lipinski definition) is 1. The predicted molar refractivity (Wildman–Crippen MR) is 70.1 cm³/mol. The molecule has 1 heterocycles. The van der Waals surface area contributed by atoms with Crippen LogP contribution in [0.3, 0.4) is 0 Å². The van der Waals surface area contributed by atoms with E-state index < -0.39 is 0 Å². The molecule has 0 saturated carbocycles. The molecule has 0 saturated heterocycles. The quantitative estimate of drug-likeness (QED) is 0.892. The van der Waals surface area contributed by atoms with Gasteiger partial charge in [-0.15, -0.1) is 0 Å². The lowest BCUT2D eigenvalue weighted by Gasteiger charge is -2.38. The summed E-state index contributed by atoms with van der Waals surface area (Å²) in [6.07, 6.45) is 1.63. The lowest BCUT2D eigenvalue weighted by atomic mass is 9.87. The third-order valence-electron chi connectivity index (χ3n) is 3.46. The second kappa shape index (κ2) is 5.16. The van der Waals surface area contributed by atoms with Crippen LogP contribution in [0.25, 0.3) is 0 Å². The molecule has 2 N–H and O–H groups in total. The van der Waals surface area contributed by atoms with Crippen molar-refractivity contribution in [3.05, 3.63) is 23.8 Å². The van der Waals surface area contributed by atoms with Crippen LogP contribution >= 0.6 is 0 Å². The van der Waals surface area contributed by atoms with Gasteiger partial charge in [-0.2, -0.15) is 0 Å². The summed E-state index contributed by atoms with van der Waals surface area (Å²) >= 11 is 0. The van der Waals surface area contributed by atoms with Gasteiger partial charge in [0.15, 0.2) is 0 Å². The lowest BCUT2D eigenvalue weighted by molar-refractivity contribution is 0.0214. The van der Waals surface area contributed by atoms with E-state index >= 15 is 0 Å². The summed E-state index contributed by atoms with van der Waals surface area (Å²) in [5.41, 5.74) is 7.00. The van der Waals surface area contributed by atoms with E-state index in [1.165, 1.54) is 0 Å². The first-order chi connectivity index (χ1) is 8.58. The van der Waals surface area contributed by atoms with Gasteiger partial charge in [0.25, 0.3) is 0 Å². The smallest absolute Gasteiger partial charge is 0.128 e. The van der Waals surface area contributed by atoms with Crippen molar-refractivity contribution in [1.29, 1.82) is 0 Å². The van der Waals surface area contributed by atoms with Crippen molar-refractivity contribution in [2.45, 2.75) is 31.4 Å². The molecule has 0 radical (unpaired) electrons. The van der Waals surface area contributed by atoms with E-state index in [4.69, 9.17) is 19.9 Å². The van der Waals surface area contributed by atoms with Crippen molar-refractivity contribution < 1.29 is 14.2 Å². The molecule has 0 aliphatic carbocycles. The topological polar surface area (TPSA) is 53.7 Å². The Hall–Kier alpha value is -1.26. The summed E-state index contributed by atoms with van der Waals surface area (Å²) in [5, 5.41) is 0. The van der Waals surface area contributed by atoms with Crippen LogP contribution in [0, 0.1) is 0 Å². The average molecular weight is 251 g/mol. The first kappa shape index (κ1) is 13.2. The number of fused-ring (bicyclic) bond motifs is 1. The van der Waals surface area contributed by atoms with Crippen molar-refractivity contribution in [2.75, 3.05) is 20.8 Å². The predicted octanol–water partition coefficient (Wildman–Crippen LogP) is 2.27. The molecular weight excluding hydrogens is 230 g/mol. The van der Waals surface area contributed by atoms with Crippen molar-refractivity contribution in [1.82, 2.24) is 0 Å². The van der Waals surface area contributed by atoms with Gasteiger partial charge in [-0.25, -0.2) is 0 Å². The van der Waals surface area contributed by atoms with Crippen LogP contribution in [0.4, 0.5) is 0 Å². The summed E-state index contributed by atoms with van der Waals surface area (Å²) < 4.78 is 16.4. The number of rotatable bonds is 4. The molecule has 1 unspecified atom stereocenters. The molecule has 1 aromatic rings. The third kappa shape index (κ3) is 2.60. The molecule has 1 aliphatic rings. The van der Waals surface area contributed by atoms with E-state index in [1.807, 2.05) is 18.2 Å². The van der Waals surface area contributed by atoms with Crippen LogP contribution in [-0.2, 0) is 4.74 Å². The van der Waals surface area contributed by atoms with Gasteiger partial charge in [0.2, 0.25) is 0 Å². The van der Waals surface area contributed by atoms with Crippen LogP contribution < -0.4 is 15.2 Å². The van der Waals surface area contributed by atoms with E-state index in [0.29, 0.717) is 6.61 Å². The normalized spacial score (nSPS) is 26.3. The zero-order valence-corrected chi connectivity index (χ0v) is 11.2. The standard InChI is InChI=1S/C14H21NO3/c1-14(6-7-16-2)9-12(15)11-5-4-10(17-3)8-13(11)18-14/h4-5,8,12H,6-7,9,15H2,1-3H3/t12-,14?/m0/s1. The summed E-state index contributed by atoms with van der Waals surface area (Å²) in [7, 11) is 3.34. The molecule has 0 fully saturated rings. The Kier molecular flexibility index (Phi) is 3.78. The van der Waals surface area contributed by atoms with Crippen molar-refractivity contribution in [2.24, 2.45) is 5.73 Å². The van der Waals surface area contributed by atoms with E-state index in [1.54, 1.807) is 14.2 Å². The van der Waals surface area contributed by atoms with Gasteiger partial charge in [-0.3, -0.25) is 0 Å². The minimum absolute atomic E-state index is 0.00140. The first-order valence-corrected chi connectivity index (χ1v) is 6.19. The molecule has 0 bridgehead atoms. The van der Waals surface area contributed by atoms with E-state index in [0.717, 1.165) is 29.9 Å². The monoisotopic (exact) mass is 251 g/mol. The third-order valence-corrected chi connectivity index (χ3v) is 3.46. The van der Waals surface area contributed by atoms with Gasteiger partial charge in [-0.05, 0) is 13.0 Å². The molecule has 1 aromatic carbocycles. The molecule has 2 rings (SSSR count). The number of benzene rings is 1. The summed E-state index contributed by atoms with van der Waals surface area (Å²) in [6, 6.07) is 5.80. The molecule has 0 amide bonds. The fraction of sp³-hybridized carbons (Fsp3) is 0.571. The highest BCUT2D eigenvalue weighted by Gasteiger charge is 2.35. The largest absolute Gasteiger partial charge is 0.497 e. The fourth-order valence-electron chi connectivity index (χ4n) is 2.39. The van der Waals surface area contributed by atoms with Crippen molar-refractivity contribution in [3.8, 4) is 11.5 Å². The van der Waals surface area contributed by atoms with Gasteiger partial charge in [0.1, 0.15) is 17.1 Å². The van der Waals surface area contributed by atoms with Crippen LogP contribution in [0.2, 0.25) is 0 Å². The lowest BCUT2D eigenvalue weighted by Crippen LogP contribution is -2.41. The Bertz CT molecular complexity index is 422. The maximum Gasteiger partial charge on any atom is 0.128 e. The molecular formula is C14H21NO3. The van der Waals surface area contributed by atoms with Crippen LogP contribution in [0.15, 0.2) is 18.2 Å². The Morgan fingerprint density at radius 3 is 2.89 bits per heavy atom. The molecule has 0 aromatic heterocycles. The zero-order chi connectivity index (χ0) is 13.2. The number of methoxy groups -OCH3 is 2. The van der Waals surface area contributed by atoms with E-state index in [2.05, 4.69) is 6.92 Å². The van der Waals surface area contributed by atoms with Gasteiger partial charge in [-0.1, -0.05) is 6.07 Å². The minimum Gasteiger partial charge on any atom is -0.497 e. The van der Waals surface area contributed by atoms with Crippen LogP contribution in [-0.4, -0.2) is 26.4 Å².